The molecule has 2 atom stereocenters. The van der Waals surface area contributed by atoms with Crippen LogP contribution in [0.25, 0.3) is 0 Å². The Morgan fingerprint density at radius 3 is 2.00 bits per heavy atom. The van der Waals surface area contributed by atoms with Crippen molar-refractivity contribution < 1.29 is 18.3 Å². The molecule has 0 heterocycles. The summed E-state index contributed by atoms with van der Waals surface area (Å²) in [5, 5.41) is 9.49. The minimum atomic E-state index is -4.35. The Labute approximate surface area is 85.5 Å². The van der Waals surface area contributed by atoms with Crippen LogP contribution in [-0.4, -0.2) is 11.1 Å². The van der Waals surface area contributed by atoms with Gasteiger partial charge in [0.25, 0.3) is 0 Å². The van der Waals surface area contributed by atoms with E-state index in [1.807, 2.05) is 0 Å². The summed E-state index contributed by atoms with van der Waals surface area (Å²) >= 11 is 0. The van der Waals surface area contributed by atoms with Gasteiger partial charge < -0.3 is 10.8 Å². The van der Waals surface area contributed by atoms with Gasteiger partial charge in [0.1, 0.15) is 0 Å². The molecule has 2 nitrogen and oxygen atoms in total. The van der Waals surface area contributed by atoms with E-state index in [9.17, 15) is 18.3 Å². The maximum Gasteiger partial charge on any atom is 0.416 e. The molecule has 0 saturated carbocycles. The van der Waals surface area contributed by atoms with Gasteiger partial charge in [0, 0.05) is 6.04 Å². The van der Waals surface area contributed by atoms with E-state index in [0.29, 0.717) is 5.56 Å². The van der Waals surface area contributed by atoms with Gasteiger partial charge in [-0.3, -0.25) is 0 Å². The summed E-state index contributed by atoms with van der Waals surface area (Å²) in [5.74, 6) is 0. The number of benzene rings is 1. The van der Waals surface area contributed by atoms with Crippen LogP contribution >= 0.6 is 0 Å². The summed E-state index contributed by atoms with van der Waals surface area (Å²) in [7, 11) is 0. The first-order valence-corrected chi connectivity index (χ1v) is 4.43. The molecule has 0 fully saturated rings. The molecular formula is C10H12F3NO. The molecule has 0 aromatic heterocycles. The highest BCUT2D eigenvalue weighted by Crippen LogP contribution is 2.30. The topological polar surface area (TPSA) is 46.2 Å². The van der Waals surface area contributed by atoms with E-state index in [1.165, 1.54) is 12.1 Å². The first-order valence-electron chi connectivity index (χ1n) is 4.43. The van der Waals surface area contributed by atoms with E-state index >= 15 is 0 Å². The van der Waals surface area contributed by atoms with Crippen molar-refractivity contribution in [1.82, 2.24) is 0 Å². The lowest BCUT2D eigenvalue weighted by Crippen LogP contribution is -2.24. The number of aliphatic hydroxyl groups is 1. The van der Waals surface area contributed by atoms with Gasteiger partial charge in [0.05, 0.1) is 11.7 Å². The molecule has 5 heteroatoms. The minimum Gasteiger partial charge on any atom is -0.387 e. The molecule has 0 aliphatic carbocycles. The molecule has 1 aromatic rings. The molecule has 84 valence electrons. The zero-order chi connectivity index (χ0) is 11.6. The number of rotatable bonds is 2. The monoisotopic (exact) mass is 219 g/mol. The van der Waals surface area contributed by atoms with Gasteiger partial charge in [-0.25, -0.2) is 0 Å². The summed E-state index contributed by atoms with van der Waals surface area (Å²) in [6.07, 6.45) is -5.29. The highest BCUT2D eigenvalue weighted by Gasteiger charge is 2.30. The Bertz CT molecular complexity index is 318. The van der Waals surface area contributed by atoms with Gasteiger partial charge in [-0.15, -0.1) is 0 Å². The van der Waals surface area contributed by atoms with Crippen molar-refractivity contribution >= 4 is 0 Å². The van der Waals surface area contributed by atoms with Crippen molar-refractivity contribution in [2.75, 3.05) is 0 Å². The molecule has 15 heavy (non-hydrogen) atoms. The first kappa shape index (κ1) is 12.0. The smallest absolute Gasteiger partial charge is 0.387 e. The molecule has 0 aliphatic heterocycles. The van der Waals surface area contributed by atoms with Crippen LogP contribution in [0.4, 0.5) is 13.2 Å². The van der Waals surface area contributed by atoms with Crippen molar-refractivity contribution in [3.8, 4) is 0 Å². The van der Waals surface area contributed by atoms with Crippen molar-refractivity contribution in [1.29, 1.82) is 0 Å². The van der Waals surface area contributed by atoms with Crippen LogP contribution in [-0.2, 0) is 6.18 Å². The molecule has 0 amide bonds. The first-order chi connectivity index (χ1) is 6.82. The van der Waals surface area contributed by atoms with Crippen LogP contribution in [0.1, 0.15) is 24.2 Å². The highest BCUT2D eigenvalue weighted by atomic mass is 19.4. The number of halogens is 3. The Balaban J connectivity index is 2.91. The Hall–Kier alpha value is -1.07. The summed E-state index contributed by atoms with van der Waals surface area (Å²) in [5.41, 5.74) is 5.07. The second-order valence-electron chi connectivity index (χ2n) is 3.42. The van der Waals surface area contributed by atoms with E-state index in [2.05, 4.69) is 0 Å². The molecule has 3 N–H and O–H groups in total. The lowest BCUT2D eigenvalue weighted by molar-refractivity contribution is -0.137. The molecule has 0 saturated heterocycles. The fourth-order valence-electron chi connectivity index (χ4n) is 1.17. The van der Waals surface area contributed by atoms with Crippen LogP contribution in [0, 0.1) is 0 Å². The van der Waals surface area contributed by atoms with Crippen molar-refractivity contribution in [2.45, 2.75) is 25.2 Å². The van der Waals surface area contributed by atoms with E-state index < -0.39 is 23.9 Å². The predicted molar refractivity (Wildman–Crippen MR) is 50.1 cm³/mol. The van der Waals surface area contributed by atoms with Crippen LogP contribution in [0.15, 0.2) is 24.3 Å². The lowest BCUT2D eigenvalue weighted by Gasteiger charge is -2.15. The fourth-order valence-corrected chi connectivity index (χ4v) is 1.17. The van der Waals surface area contributed by atoms with Crippen LogP contribution in [0.2, 0.25) is 0 Å². The second-order valence-corrected chi connectivity index (χ2v) is 3.42. The Morgan fingerprint density at radius 1 is 1.20 bits per heavy atom. The number of hydrogen-bond acceptors (Lipinski definition) is 2. The van der Waals surface area contributed by atoms with Gasteiger partial charge in [0.2, 0.25) is 0 Å². The second kappa shape index (κ2) is 4.20. The largest absolute Gasteiger partial charge is 0.416 e. The van der Waals surface area contributed by atoms with Crippen LogP contribution < -0.4 is 5.73 Å². The van der Waals surface area contributed by atoms with Gasteiger partial charge >= 0.3 is 6.18 Å². The maximum atomic E-state index is 12.2. The zero-order valence-electron chi connectivity index (χ0n) is 8.12. The third kappa shape index (κ3) is 2.94. The molecule has 0 radical (unpaired) electrons. The number of hydrogen-bond donors (Lipinski definition) is 2. The number of nitrogens with two attached hydrogens (primary N) is 1. The molecular weight excluding hydrogens is 207 g/mol. The van der Waals surface area contributed by atoms with Gasteiger partial charge in [-0.05, 0) is 24.6 Å². The average molecular weight is 219 g/mol. The molecule has 1 rings (SSSR count). The molecule has 0 unspecified atom stereocenters. The standard InChI is InChI=1S/C10H12F3NO/c1-6(14)9(15)7-2-4-8(5-3-7)10(11,12)13/h2-6,9,15H,14H2,1H3/t6-,9-/m0/s1. The molecule has 1 aromatic carbocycles. The molecule has 0 aliphatic rings. The maximum absolute atomic E-state index is 12.2. The SMILES string of the molecule is C[C@H](N)[C@H](O)c1ccc(C(F)(F)F)cc1. The number of aliphatic hydroxyl groups excluding tert-OH is 1. The van der Waals surface area contributed by atoms with E-state index in [4.69, 9.17) is 5.73 Å². The fraction of sp³-hybridized carbons (Fsp3) is 0.400. The third-order valence-electron chi connectivity index (χ3n) is 2.08. The van der Waals surface area contributed by atoms with Crippen molar-refractivity contribution in [3.05, 3.63) is 35.4 Å². The number of alkyl halides is 3. The van der Waals surface area contributed by atoms with E-state index in [0.717, 1.165) is 12.1 Å². The third-order valence-corrected chi connectivity index (χ3v) is 2.08. The summed E-state index contributed by atoms with van der Waals surface area (Å²) in [6.45, 7) is 1.59. The van der Waals surface area contributed by atoms with Gasteiger partial charge in [-0.2, -0.15) is 13.2 Å². The summed E-state index contributed by atoms with van der Waals surface area (Å²) in [6, 6.07) is 3.82. The van der Waals surface area contributed by atoms with Gasteiger partial charge in [-0.1, -0.05) is 12.1 Å². The Morgan fingerprint density at radius 2 is 1.67 bits per heavy atom. The van der Waals surface area contributed by atoms with Gasteiger partial charge in [0.15, 0.2) is 0 Å². The molecule has 0 spiro atoms. The van der Waals surface area contributed by atoms with E-state index in [-0.39, 0.29) is 0 Å². The normalized spacial score (nSPS) is 16.1. The lowest BCUT2D eigenvalue weighted by atomic mass is 10.0. The summed E-state index contributed by atoms with van der Waals surface area (Å²) in [4.78, 5) is 0. The highest BCUT2D eigenvalue weighted by molar-refractivity contribution is 5.26. The Kier molecular flexibility index (Phi) is 3.36. The quantitative estimate of drug-likeness (QED) is 0.800. The zero-order valence-corrected chi connectivity index (χ0v) is 8.12. The minimum absolute atomic E-state index is 0.387. The predicted octanol–water partition coefficient (Wildman–Crippen LogP) is 2.09. The van der Waals surface area contributed by atoms with Crippen LogP contribution in [0.3, 0.4) is 0 Å². The van der Waals surface area contributed by atoms with Crippen molar-refractivity contribution in [3.63, 3.8) is 0 Å². The average Bonchev–Trinajstić information content (AvgIpc) is 2.15. The van der Waals surface area contributed by atoms with E-state index in [1.54, 1.807) is 6.92 Å². The van der Waals surface area contributed by atoms with Crippen LogP contribution in [0.5, 0.6) is 0 Å². The van der Waals surface area contributed by atoms with Crippen molar-refractivity contribution in [2.24, 2.45) is 5.73 Å². The molecule has 0 bridgehead atoms. The summed E-state index contributed by atoms with van der Waals surface area (Å²) < 4.78 is 36.6.